The van der Waals surface area contributed by atoms with Crippen molar-refractivity contribution in [3.63, 3.8) is 0 Å². The molecule has 0 aromatic heterocycles. The summed E-state index contributed by atoms with van der Waals surface area (Å²) in [5.74, 6) is 1.11. The Bertz CT molecular complexity index is 835. The van der Waals surface area contributed by atoms with Gasteiger partial charge >= 0.3 is 0 Å². The molecule has 5 heteroatoms. The quantitative estimate of drug-likeness (QED) is 0.699. The predicted molar refractivity (Wildman–Crippen MR) is 111 cm³/mol. The first-order valence-corrected chi connectivity index (χ1v) is 10.4. The Hall–Kier alpha value is -2.27. The summed E-state index contributed by atoms with van der Waals surface area (Å²) in [4.78, 5) is 28.5. The van der Waals surface area contributed by atoms with Gasteiger partial charge in [0.1, 0.15) is 0 Å². The van der Waals surface area contributed by atoms with Crippen molar-refractivity contribution in [2.75, 3.05) is 11.1 Å². The number of carbonyl (C=O) groups excluding carboxylic acids is 2. The van der Waals surface area contributed by atoms with Crippen molar-refractivity contribution in [2.45, 2.75) is 44.7 Å². The highest BCUT2D eigenvalue weighted by atomic mass is 32.2. The van der Waals surface area contributed by atoms with Crippen LogP contribution in [0.5, 0.6) is 0 Å². The van der Waals surface area contributed by atoms with Crippen molar-refractivity contribution < 1.29 is 9.59 Å². The highest BCUT2D eigenvalue weighted by Crippen LogP contribution is 2.30. The minimum absolute atomic E-state index is 0.0269. The number of nitrogens with one attached hydrogen (secondary N) is 1. The van der Waals surface area contributed by atoms with Crippen molar-refractivity contribution in [1.82, 2.24) is 4.90 Å². The number of fused-ring (bicyclic) bond motifs is 1. The summed E-state index contributed by atoms with van der Waals surface area (Å²) in [5.41, 5.74) is 2.64. The number of rotatable bonds is 7. The summed E-state index contributed by atoms with van der Waals surface area (Å²) >= 11 is 1.71. The van der Waals surface area contributed by atoms with Crippen LogP contribution in [0.25, 0.3) is 0 Å². The Morgan fingerprint density at radius 3 is 2.56 bits per heavy atom. The molecule has 0 saturated heterocycles. The van der Waals surface area contributed by atoms with Crippen molar-refractivity contribution in [3.05, 3.63) is 59.7 Å². The summed E-state index contributed by atoms with van der Waals surface area (Å²) in [6.07, 6.45) is 0.294. The Labute approximate surface area is 165 Å². The van der Waals surface area contributed by atoms with E-state index < -0.39 is 0 Å². The van der Waals surface area contributed by atoms with Crippen LogP contribution in [0.15, 0.2) is 53.4 Å². The second kappa shape index (κ2) is 8.61. The van der Waals surface area contributed by atoms with E-state index in [0.717, 1.165) is 27.5 Å². The highest BCUT2D eigenvalue weighted by molar-refractivity contribution is 7.99. The molecule has 1 aliphatic heterocycles. The molecule has 3 rings (SSSR count). The minimum atomic E-state index is -0.129. The van der Waals surface area contributed by atoms with Gasteiger partial charge in [-0.15, -0.1) is 11.8 Å². The number of anilines is 1. The van der Waals surface area contributed by atoms with Crippen molar-refractivity contribution >= 4 is 29.3 Å². The van der Waals surface area contributed by atoms with Gasteiger partial charge in [0.25, 0.3) is 5.91 Å². The zero-order valence-electron chi connectivity index (χ0n) is 16.1. The van der Waals surface area contributed by atoms with Crippen LogP contribution in [0.1, 0.15) is 43.1 Å². The van der Waals surface area contributed by atoms with E-state index in [1.165, 1.54) is 0 Å². The Balaban J connectivity index is 1.73. The summed E-state index contributed by atoms with van der Waals surface area (Å²) in [6, 6.07) is 15.4. The van der Waals surface area contributed by atoms with E-state index in [1.807, 2.05) is 53.4 Å². The predicted octanol–water partition coefficient (Wildman–Crippen LogP) is 4.81. The second-order valence-electron chi connectivity index (χ2n) is 7.08. The molecule has 0 bridgehead atoms. The summed E-state index contributed by atoms with van der Waals surface area (Å²) in [7, 11) is 0. The van der Waals surface area contributed by atoms with Crippen LogP contribution in [0.2, 0.25) is 0 Å². The van der Waals surface area contributed by atoms with Gasteiger partial charge in [0.15, 0.2) is 0 Å². The van der Waals surface area contributed by atoms with Gasteiger partial charge in [-0.25, -0.2) is 0 Å². The Kier molecular flexibility index (Phi) is 6.22. The number of benzene rings is 2. The molecular weight excluding hydrogens is 356 g/mol. The second-order valence-corrected chi connectivity index (χ2v) is 8.39. The summed E-state index contributed by atoms with van der Waals surface area (Å²) < 4.78 is 0. The third kappa shape index (κ3) is 4.35. The van der Waals surface area contributed by atoms with E-state index >= 15 is 0 Å². The maximum absolute atomic E-state index is 12.8. The van der Waals surface area contributed by atoms with Crippen LogP contribution in [-0.2, 0) is 11.3 Å². The van der Waals surface area contributed by atoms with Crippen LogP contribution in [-0.4, -0.2) is 28.5 Å². The lowest BCUT2D eigenvalue weighted by atomic mass is 9.98. The molecule has 0 spiro atoms. The normalized spacial score (nSPS) is 14.4. The van der Waals surface area contributed by atoms with Gasteiger partial charge in [-0.1, -0.05) is 51.1 Å². The van der Waals surface area contributed by atoms with Crippen LogP contribution < -0.4 is 5.32 Å². The molecule has 1 atom stereocenters. The molecule has 1 N–H and O–H groups in total. The lowest BCUT2D eigenvalue weighted by Crippen LogP contribution is -2.41. The first-order valence-electron chi connectivity index (χ1n) is 9.41. The fraction of sp³-hybridized carbons (Fsp3) is 0.364. The third-order valence-electron chi connectivity index (χ3n) is 4.87. The van der Waals surface area contributed by atoms with Gasteiger partial charge in [0, 0.05) is 29.5 Å². The van der Waals surface area contributed by atoms with E-state index in [2.05, 4.69) is 26.1 Å². The number of carbonyl (C=O) groups is 2. The van der Waals surface area contributed by atoms with Crippen molar-refractivity contribution in [3.8, 4) is 0 Å². The molecule has 4 nitrogen and oxygen atoms in total. The molecule has 0 unspecified atom stereocenters. The van der Waals surface area contributed by atoms with E-state index in [9.17, 15) is 9.59 Å². The molecule has 1 heterocycles. The molecule has 0 radical (unpaired) electrons. The fourth-order valence-corrected chi connectivity index (χ4v) is 4.25. The maximum atomic E-state index is 12.8. The first kappa shape index (κ1) is 19.5. The summed E-state index contributed by atoms with van der Waals surface area (Å²) in [5, 5.41) is 3.04. The largest absolute Gasteiger partial charge is 0.331 e. The molecule has 1 aliphatic rings. The Morgan fingerprint density at radius 2 is 1.85 bits per heavy atom. The topological polar surface area (TPSA) is 49.4 Å². The van der Waals surface area contributed by atoms with Gasteiger partial charge in [-0.2, -0.15) is 0 Å². The Morgan fingerprint density at radius 1 is 1.15 bits per heavy atom. The highest BCUT2D eigenvalue weighted by Gasteiger charge is 2.35. The molecule has 2 aromatic carbocycles. The van der Waals surface area contributed by atoms with Gasteiger partial charge in [-0.05, 0) is 35.4 Å². The SMILES string of the molecule is CCSc1ccccc1NC(=O)C[C@@H](C(C)C)N1Cc2ccccc2C1=O. The monoisotopic (exact) mass is 382 g/mol. The van der Waals surface area contributed by atoms with Crippen LogP contribution in [0.3, 0.4) is 0 Å². The molecule has 142 valence electrons. The lowest BCUT2D eigenvalue weighted by Gasteiger charge is -2.30. The molecule has 0 fully saturated rings. The number of hydrogen-bond donors (Lipinski definition) is 1. The number of hydrogen-bond acceptors (Lipinski definition) is 3. The van der Waals surface area contributed by atoms with Crippen LogP contribution >= 0.6 is 11.8 Å². The summed E-state index contributed by atoms with van der Waals surface area (Å²) in [6.45, 7) is 6.80. The number of para-hydroxylation sites is 1. The van der Waals surface area contributed by atoms with Crippen molar-refractivity contribution in [1.29, 1.82) is 0 Å². The molecule has 0 aliphatic carbocycles. The molecule has 2 amide bonds. The van der Waals surface area contributed by atoms with Gasteiger partial charge in [-0.3, -0.25) is 9.59 Å². The molecule has 2 aromatic rings. The van der Waals surface area contributed by atoms with Gasteiger partial charge in [0.2, 0.25) is 5.91 Å². The zero-order valence-corrected chi connectivity index (χ0v) is 16.9. The average Bonchev–Trinajstić information content (AvgIpc) is 2.98. The molecular formula is C22H26N2O2S. The number of nitrogens with zero attached hydrogens (tertiary/aromatic N) is 1. The zero-order chi connectivity index (χ0) is 19.4. The molecule has 0 saturated carbocycles. The number of thioether (sulfide) groups is 1. The van der Waals surface area contributed by atoms with Gasteiger partial charge < -0.3 is 10.2 Å². The van der Waals surface area contributed by atoms with Crippen LogP contribution in [0, 0.1) is 5.92 Å². The van der Waals surface area contributed by atoms with E-state index in [4.69, 9.17) is 0 Å². The fourth-order valence-electron chi connectivity index (χ4n) is 3.49. The number of amides is 2. The van der Waals surface area contributed by atoms with E-state index in [0.29, 0.717) is 13.0 Å². The third-order valence-corrected chi connectivity index (χ3v) is 5.83. The lowest BCUT2D eigenvalue weighted by molar-refractivity contribution is -0.117. The molecule has 27 heavy (non-hydrogen) atoms. The van der Waals surface area contributed by atoms with E-state index in [1.54, 1.807) is 11.8 Å². The van der Waals surface area contributed by atoms with Crippen molar-refractivity contribution in [2.24, 2.45) is 5.92 Å². The van der Waals surface area contributed by atoms with E-state index in [-0.39, 0.29) is 23.8 Å². The first-order chi connectivity index (χ1) is 13.0. The maximum Gasteiger partial charge on any atom is 0.254 e. The standard InChI is InChI=1S/C22H26N2O2S/c1-4-27-20-12-8-7-11-18(20)23-21(25)13-19(15(2)3)24-14-16-9-5-6-10-17(16)22(24)26/h5-12,15,19H,4,13-14H2,1-3H3,(H,23,25)/t19-/m0/s1. The van der Waals surface area contributed by atoms with Crippen LogP contribution in [0.4, 0.5) is 5.69 Å². The van der Waals surface area contributed by atoms with Gasteiger partial charge in [0.05, 0.1) is 5.69 Å². The smallest absolute Gasteiger partial charge is 0.254 e. The average molecular weight is 383 g/mol. The minimum Gasteiger partial charge on any atom is -0.331 e.